The number of benzene rings is 1. The van der Waals surface area contributed by atoms with Crippen LogP contribution in [-0.2, 0) is 19.5 Å². The van der Waals surface area contributed by atoms with Crippen LogP contribution in [-0.4, -0.2) is 35.1 Å². The molecular formula is C19H25BO4S. The summed E-state index contributed by atoms with van der Waals surface area (Å²) in [7, 11) is -0.420. The van der Waals surface area contributed by atoms with Crippen molar-refractivity contribution in [3.63, 3.8) is 0 Å². The lowest BCUT2D eigenvalue weighted by molar-refractivity contribution is -0.140. The summed E-state index contributed by atoms with van der Waals surface area (Å²) in [6, 6.07) is 7.72. The lowest BCUT2D eigenvalue weighted by Crippen LogP contribution is -2.41. The van der Waals surface area contributed by atoms with Crippen molar-refractivity contribution in [2.24, 2.45) is 0 Å². The Bertz CT molecular complexity index is 689. The highest BCUT2D eigenvalue weighted by atomic mass is 32.1. The van der Waals surface area contributed by atoms with Gasteiger partial charge in [-0.2, -0.15) is 12.6 Å². The number of carboxylic acid groups (broad SMARTS) is 1. The summed E-state index contributed by atoms with van der Waals surface area (Å²) >= 11 is 4.43. The Labute approximate surface area is 155 Å². The number of rotatable bonds is 5. The van der Waals surface area contributed by atoms with E-state index in [0.29, 0.717) is 18.6 Å². The van der Waals surface area contributed by atoms with Crippen molar-refractivity contribution in [2.45, 2.75) is 57.2 Å². The number of aliphatic carboxylic acids is 1. The van der Waals surface area contributed by atoms with Crippen LogP contribution in [0.1, 0.15) is 51.7 Å². The fourth-order valence-electron chi connectivity index (χ4n) is 3.05. The van der Waals surface area contributed by atoms with Gasteiger partial charge in [0.15, 0.2) is 0 Å². The van der Waals surface area contributed by atoms with Gasteiger partial charge in [0.1, 0.15) is 0 Å². The smallest absolute Gasteiger partial charge is 0.481 e. The van der Waals surface area contributed by atoms with E-state index in [1.165, 1.54) is 0 Å². The van der Waals surface area contributed by atoms with Gasteiger partial charge in [-0.3, -0.25) is 4.79 Å². The Morgan fingerprint density at radius 1 is 1.16 bits per heavy atom. The first-order valence-electron chi connectivity index (χ1n) is 8.62. The molecule has 1 saturated carbocycles. The molecule has 2 aliphatic rings. The number of carbonyl (C=O) groups is 1. The van der Waals surface area contributed by atoms with E-state index in [1.54, 1.807) is 0 Å². The van der Waals surface area contributed by atoms with Gasteiger partial charge < -0.3 is 14.4 Å². The van der Waals surface area contributed by atoms with Crippen molar-refractivity contribution in [1.29, 1.82) is 0 Å². The Kier molecular flexibility index (Phi) is 4.59. The largest absolute Gasteiger partial charge is 0.491 e. The molecule has 134 valence electrons. The monoisotopic (exact) mass is 360 g/mol. The second kappa shape index (κ2) is 6.18. The van der Waals surface area contributed by atoms with Crippen molar-refractivity contribution in [3.8, 4) is 0 Å². The van der Waals surface area contributed by atoms with E-state index in [-0.39, 0.29) is 11.2 Å². The normalized spacial score (nSPS) is 23.6. The molecule has 2 fully saturated rings. The first-order valence-corrected chi connectivity index (χ1v) is 9.25. The number of hydrogen-bond acceptors (Lipinski definition) is 4. The van der Waals surface area contributed by atoms with E-state index in [2.05, 4.69) is 12.6 Å². The first-order chi connectivity index (χ1) is 11.6. The molecule has 1 aliphatic heterocycles. The summed E-state index contributed by atoms with van der Waals surface area (Å²) in [6.45, 7) is 8.11. The van der Waals surface area contributed by atoms with Crippen molar-refractivity contribution >= 4 is 31.8 Å². The van der Waals surface area contributed by atoms with Gasteiger partial charge in [0.25, 0.3) is 0 Å². The minimum atomic E-state index is -0.732. The van der Waals surface area contributed by atoms with Crippen LogP contribution in [0.4, 0.5) is 0 Å². The number of hydrogen-bond donors (Lipinski definition) is 2. The van der Waals surface area contributed by atoms with E-state index in [0.717, 1.165) is 16.6 Å². The van der Waals surface area contributed by atoms with Crippen LogP contribution >= 0.6 is 12.6 Å². The van der Waals surface area contributed by atoms with Gasteiger partial charge in [0, 0.05) is 5.75 Å². The third-order valence-corrected chi connectivity index (χ3v) is 6.08. The highest BCUT2D eigenvalue weighted by Gasteiger charge is 2.52. The molecular weight excluding hydrogens is 335 g/mol. The molecule has 0 radical (unpaired) electrons. The van der Waals surface area contributed by atoms with E-state index in [4.69, 9.17) is 9.31 Å². The quantitative estimate of drug-likeness (QED) is 0.620. The van der Waals surface area contributed by atoms with E-state index in [1.807, 2.05) is 58.0 Å². The molecule has 1 aliphatic carbocycles. The molecule has 1 heterocycles. The van der Waals surface area contributed by atoms with E-state index in [9.17, 15) is 9.90 Å². The zero-order valence-electron chi connectivity index (χ0n) is 15.2. The molecule has 0 unspecified atom stereocenters. The molecule has 1 aromatic carbocycles. The molecule has 0 aromatic heterocycles. The SMILES string of the molecule is CC1(C)OB(C(=Cc2ccc(C3(C(=O)O)CC3)cc2)CS)OC1(C)C. The van der Waals surface area contributed by atoms with Crippen LogP contribution in [0.3, 0.4) is 0 Å². The Balaban J connectivity index is 1.81. The van der Waals surface area contributed by atoms with E-state index >= 15 is 0 Å². The summed E-state index contributed by atoms with van der Waals surface area (Å²) in [5, 5.41) is 9.40. The maximum atomic E-state index is 11.4. The highest BCUT2D eigenvalue weighted by molar-refractivity contribution is 7.80. The molecule has 0 amide bonds. The molecule has 4 nitrogen and oxygen atoms in total. The Morgan fingerprint density at radius 2 is 1.68 bits per heavy atom. The van der Waals surface area contributed by atoms with Crippen molar-refractivity contribution < 1.29 is 19.2 Å². The molecule has 1 aromatic rings. The highest BCUT2D eigenvalue weighted by Crippen LogP contribution is 2.48. The van der Waals surface area contributed by atoms with Gasteiger partial charge in [-0.15, -0.1) is 0 Å². The van der Waals surface area contributed by atoms with Crippen LogP contribution in [0.5, 0.6) is 0 Å². The summed E-state index contributed by atoms with van der Waals surface area (Å²) in [5.41, 5.74) is 1.38. The predicted octanol–water partition coefficient (Wildman–Crippen LogP) is 3.75. The Morgan fingerprint density at radius 3 is 2.08 bits per heavy atom. The van der Waals surface area contributed by atoms with Crippen LogP contribution < -0.4 is 0 Å². The van der Waals surface area contributed by atoms with Gasteiger partial charge in [-0.25, -0.2) is 0 Å². The zero-order chi connectivity index (χ0) is 18.5. The van der Waals surface area contributed by atoms with Crippen LogP contribution in [0.15, 0.2) is 29.7 Å². The average molecular weight is 360 g/mol. The fourth-order valence-corrected chi connectivity index (χ4v) is 3.29. The van der Waals surface area contributed by atoms with Gasteiger partial charge >= 0.3 is 13.1 Å². The topological polar surface area (TPSA) is 55.8 Å². The maximum Gasteiger partial charge on any atom is 0.491 e. The van der Waals surface area contributed by atoms with Gasteiger partial charge in [-0.05, 0) is 57.1 Å². The molecule has 3 rings (SSSR count). The first kappa shape index (κ1) is 18.6. The summed E-state index contributed by atoms with van der Waals surface area (Å²) in [6.07, 6.45) is 3.44. The summed E-state index contributed by atoms with van der Waals surface area (Å²) in [5.74, 6) is -0.207. The zero-order valence-corrected chi connectivity index (χ0v) is 16.1. The van der Waals surface area contributed by atoms with Gasteiger partial charge in [0.05, 0.1) is 16.6 Å². The van der Waals surface area contributed by atoms with Crippen LogP contribution in [0.2, 0.25) is 0 Å². The Hall–Kier alpha value is -1.24. The van der Waals surface area contributed by atoms with Crippen LogP contribution in [0.25, 0.3) is 6.08 Å². The minimum absolute atomic E-state index is 0.386. The maximum absolute atomic E-state index is 11.4. The number of thiol groups is 1. The molecule has 1 saturated heterocycles. The minimum Gasteiger partial charge on any atom is -0.481 e. The lowest BCUT2D eigenvalue weighted by atomic mass is 9.78. The van der Waals surface area contributed by atoms with Crippen molar-refractivity contribution in [3.05, 3.63) is 40.9 Å². The molecule has 1 N–H and O–H groups in total. The number of carboxylic acids is 1. The second-order valence-electron chi connectivity index (χ2n) is 7.97. The molecule has 25 heavy (non-hydrogen) atoms. The second-order valence-corrected chi connectivity index (χ2v) is 8.29. The molecule has 0 bridgehead atoms. The van der Waals surface area contributed by atoms with E-state index < -0.39 is 18.5 Å². The standard InChI is InChI=1S/C19H25BO4S/c1-17(2)18(3,4)24-20(23-17)15(12-25)11-13-5-7-14(8-6-13)19(9-10-19)16(21)22/h5-8,11,25H,9-10,12H2,1-4H3,(H,21,22). The fraction of sp³-hybridized carbons (Fsp3) is 0.526. The third kappa shape index (κ3) is 3.27. The summed E-state index contributed by atoms with van der Waals surface area (Å²) < 4.78 is 12.2. The summed E-state index contributed by atoms with van der Waals surface area (Å²) in [4.78, 5) is 11.4. The van der Waals surface area contributed by atoms with Crippen molar-refractivity contribution in [2.75, 3.05) is 5.75 Å². The van der Waals surface area contributed by atoms with Gasteiger partial charge in [0.2, 0.25) is 0 Å². The molecule has 0 spiro atoms. The van der Waals surface area contributed by atoms with Gasteiger partial charge in [-0.1, -0.05) is 30.3 Å². The van der Waals surface area contributed by atoms with Crippen LogP contribution in [0, 0.1) is 0 Å². The lowest BCUT2D eigenvalue weighted by Gasteiger charge is -2.32. The average Bonchev–Trinajstić information content (AvgIpc) is 3.30. The predicted molar refractivity (Wildman–Crippen MR) is 103 cm³/mol. The van der Waals surface area contributed by atoms with Crippen molar-refractivity contribution in [1.82, 2.24) is 0 Å². The molecule has 6 heteroatoms. The molecule has 0 atom stereocenters. The third-order valence-electron chi connectivity index (χ3n) is 5.71.